The van der Waals surface area contributed by atoms with Crippen LogP contribution < -0.4 is 5.32 Å². The molecule has 1 amide bonds. The first kappa shape index (κ1) is 13.9. The summed E-state index contributed by atoms with van der Waals surface area (Å²) >= 11 is 7.52. The number of rotatable bonds is 6. The average Bonchev–Trinajstić information content (AvgIpc) is 2.65. The summed E-state index contributed by atoms with van der Waals surface area (Å²) in [6.07, 6.45) is 1.02. The summed E-state index contributed by atoms with van der Waals surface area (Å²) in [7, 11) is 0. The van der Waals surface area contributed by atoms with Crippen LogP contribution in [0.1, 0.15) is 29.9 Å². The SMILES string of the molecule is CCSCCC(C)NC(=O)c1cc(S)cs1. The van der Waals surface area contributed by atoms with E-state index in [0.29, 0.717) is 0 Å². The molecule has 0 fully saturated rings. The van der Waals surface area contributed by atoms with E-state index < -0.39 is 0 Å². The van der Waals surface area contributed by atoms with E-state index >= 15 is 0 Å². The molecule has 1 rings (SSSR count). The second-order valence-corrected chi connectivity index (χ2v) is 6.35. The molecule has 0 aliphatic carbocycles. The van der Waals surface area contributed by atoms with Gasteiger partial charge in [-0.1, -0.05) is 6.92 Å². The largest absolute Gasteiger partial charge is 0.349 e. The number of carbonyl (C=O) groups is 1. The van der Waals surface area contributed by atoms with Gasteiger partial charge in [0, 0.05) is 16.3 Å². The molecule has 0 spiro atoms. The van der Waals surface area contributed by atoms with Crippen LogP contribution in [0.2, 0.25) is 0 Å². The third-order valence-corrected chi connectivity index (χ3v) is 4.38. The second-order valence-electron chi connectivity index (χ2n) is 3.53. The lowest BCUT2D eigenvalue weighted by Gasteiger charge is -2.12. The lowest BCUT2D eigenvalue weighted by atomic mass is 10.2. The van der Waals surface area contributed by atoms with E-state index in [4.69, 9.17) is 0 Å². The molecular weight excluding hydrogens is 258 g/mol. The molecular formula is C11H17NOS3. The Morgan fingerprint density at radius 3 is 3.00 bits per heavy atom. The molecule has 0 aliphatic heterocycles. The Morgan fingerprint density at radius 2 is 2.44 bits per heavy atom. The fraction of sp³-hybridized carbons (Fsp3) is 0.545. The van der Waals surface area contributed by atoms with E-state index in [1.807, 2.05) is 24.1 Å². The zero-order chi connectivity index (χ0) is 12.0. The van der Waals surface area contributed by atoms with E-state index in [9.17, 15) is 4.79 Å². The van der Waals surface area contributed by atoms with Crippen LogP contribution in [0, 0.1) is 0 Å². The first-order chi connectivity index (χ1) is 7.63. The van der Waals surface area contributed by atoms with Crippen molar-refractivity contribution in [2.45, 2.75) is 31.2 Å². The summed E-state index contributed by atoms with van der Waals surface area (Å²) in [4.78, 5) is 13.3. The molecule has 0 saturated carbocycles. The Labute approximate surface area is 111 Å². The minimum atomic E-state index is 0.0132. The van der Waals surface area contributed by atoms with Crippen LogP contribution in [-0.2, 0) is 0 Å². The Bertz CT molecular complexity index is 338. The summed E-state index contributed by atoms with van der Waals surface area (Å²) in [5.74, 6) is 2.24. The normalized spacial score (nSPS) is 12.4. The zero-order valence-corrected chi connectivity index (χ0v) is 12.1. The summed E-state index contributed by atoms with van der Waals surface area (Å²) < 4.78 is 0. The van der Waals surface area contributed by atoms with Gasteiger partial charge in [-0.15, -0.1) is 24.0 Å². The van der Waals surface area contributed by atoms with Crippen LogP contribution in [0.4, 0.5) is 0 Å². The Balaban J connectivity index is 2.33. The third kappa shape index (κ3) is 4.80. The summed E-state index contributed by atoms with van der Waals surface area (Å²) in [6, 6.07) is 2.04. The van der Waals surface area contributed by atoms with Gasteiger partial charge in [0.15, 0.2) is 0 Å². The molecule has 0 aromatic carbocycles. The molecule has 16 heavy (non-hydrogen) atoms. The molecule has 1 N–H and O–H groups in total. The van der Waals surface area contributed by atoms with Gasteiger partial charge in [-0.05, 0) is 30.9 Å². The van der Waals surface area contributed by atoms with Gasteiger partial charge in [0.2, 0.25) is 0 Å². The number of amides is 1. The van der Waals surface area contributed by atoms with Crippen molar-refractivity contribution in [3.63, 3.8) is 0 Å². The standard InChI is InChI=1S/C11H17NOS3/c1-3-15-5-4-8(2)12-11(13)10-6-9(14)7-16-10/h6-8,14H,3-5H2,1-2H3,(H,12,13). The minimum absolute atomic E-state index is 0.0132. The predicted octanol–water partition coefficient (Wildman–Crippen LogP) is 3.30. The zero-order valence-electron chi connectivity index (χ0n) is 9.53. The summed E-state index contributed by atoms with van der Waals surface area (Å²) in [5, 5.41) is 4.86. The Morgan fingerprint density at radius 1 is 1.69 bits per heavy atom. The van der Waals surface area contributed by atoms with Gasteiger partial charge in [-0.3, -0.25) is 4.79 Å². The predicted molar refractivity (Wildman–Crippen MR) is 76.1 cm³/mol. The lowest BCUT2D eigenvalue weighted by molar-refractivity contribution is 0.0943. The van der Waals surface area contributed by atoms with E-state index in [-0.39, 0.29) is 11.9 Å². The van der Waals surface area contributed by atoms with Crippen LogP contribution in [0.3, 0.4) is 0 Å². The number of hydrogen-bond donors (Lipinski definition) is 2. The van der Waals surface area contributed by atoms with Crippen molar-refractivity contribution in [3.05, 3.63) is 16.3 Å². The summed E-state index contributed by atoms with van der Waals surface area (Å²) in [6.45, 7) is 4.19. The van der Waals surface area contributed by atoms with Crippen molar-refractivity contribution < 1.29 is 4.79 Å². The molecule has 90 valence electrons. The maximum atomic E-state index is 11.8. The van der Waals surface area contributed by atoms with E-state index in [1.165, 1.54) is 11.3 Å². The van der Waals surface area contributed by atoms with E-state index in [0.717, 1.165) is 27.7 Å². The number of thioether (sulfide) groups is 1. The molecule has 0 bridgehead atoms. The number of hydrogen-bond acceptors (Lipinski definition) is 4. The van der Waals surface area contributed by atoms with Gasteiger partial charge in [0.25, 0.3) is 5.91 Å². The van der Waals surface area contributed by atoms with E-state index in [2.05, 4.69) is 24.9 Å². The molecule has 5 heteroatoms. The van der Waals surface area contributed by atoms with Crippen molar-refractivity contribution in [2.75, 3.05) is 11.5 Å². The molecule has 0 radical (unpaired) electrons. The first-order valence-corrected chi connectivity index (χ1v) is 7.77. The maximum absolute atomic E-state index is 11.8. The van der Waals surface area contributed by atoms with Crippen LogP contribution in [0.25, 0.3) is 0 Å². The van der Waals surface area contributed by atoms with Gasteiger partial charge < -0.3 is 5.32 Å². The summed E-state index contributed by atoms with van der Waals surface area (Å²) in [5.41, 5.74) is 0. The highest BCUT2D eigenvalue weighted by Crippen LogP contribution is 2.17. The highest BCUT2D eigenvalue weighted by molar-refractivity contribution is 7.99. The first-order valence-electron chi connectivity index (χ1n) is 5.29. The van der Waals surface area contributed by atoms with Crippen molar-refractivity contribution >= 4 is 41.6 Å². The van der Waals surface area contributed by atoms with Crippen molar-refractivity contribution in [3.8, 4) is 0 Å². The lowest BCUT2D eigenvalue weighted by Crippen LogP contribution is -2.32. The number of thiol groups is 1. The number of carbonyl (C=O) groups excluding carboxylic acids is 1. The molecule has 1 atom stereocenters. The molecule has 0 saturated heterocycles. The Kier molecular flexibility index (Phi) is 6.31. The number of nitrogens with one attached hydrogen (secondary N) is 1. The average molecular weight is 275 g/mol. The molecule has 1 aromatic rings. The number of thiophene rings is 1. The molecule has 1 aromatic heterocycles. The van der Waals surface area contributed by atoms with Crippen molar-refractivity contribution in [1.82, 2.24) is 5.32 Å². The third-order valence-electron chi connectivity index (χ3n) is 2.09. The fourth-order valence-corrected chi connectivity index (χ4v) is 3.08. The molecule has 1 heterocycles. The van der Waals surface area contributed by atoms with Crippen LogP contribution in [-0.4, -0.2) is 23.5 Å². The quantitative estimate of drug-likeness (QED) is 0.616. The van der Waals surface area contributed by atoms with Gasteiger partial charge >= 0.3 is 0 Å². The molecule has 2 nitrogen and oxygen atoms in total. The monoisotopic (exact) mass is 275 g/mol. The van der Waals surface area contributed by atoms with Crippen LogP contribution in [0.5, 0.6) is 0 Å². The van der Waals surface area contributed by atoms with Crippen LogP contribution in [0.15, 0.2) is 16.3 Å². The highest BCUT2D eigenvalue weighted by Gasteiger charge is 2.11. The van der Waals surface area contributed by atoms with Gasteiger partial charge in [0.05, 0.1) is 4.88 Å². The smallest absolute Gasteiger partial charge is 0.261 e. The minimum Gasteiger partial charge on any atom is -0.349 e. The van der Waals surface area contributed by atoms with Gasteiger partial charge in [-0.25, -0.2) is 0 Å². The van der Waals surface area contributed by atoms with Gasteiger partial charge in [-0.2, -0.15) is 11.8 Å². The fourth-order valence-electron chi connectivity index (χ4n) is 1.22. The maximum Gasteiger partial charge on any atom is 0.261 e. The van der Waals surface area contributed by atoms with Crippen molar-refractivity contribution in [2.24, 2.45) is 0 Å². The Hall–Kier alpha value is -0.130. The highest BCUT2D eigenvalue weighted by atomic mass is 32.2. The van der Waals surface area contributed by atoms with Gasteiger partial charge in [0.1, 0.15) is 0 Å². The molecule has 1 unspecified atom stereocenters. The van der Waals surface area contributed by atoms with Crippen LogP contribution >= 0.6 is 35.7 Å². The topological polar surface area (TPSA) is 29.1 Å². The van der Waals surface area contributed by atoms with E-state index in [1.54, 1.807) is 6.07 Å². The molecule has 0 aliphatic rings. The second kappa shape index (κ2) is 7.25. The van der Waals surface area contributed by atoms with Crippen molar-refractivity contribution in [1.29, 1.82) is 0 Å².